The number of ether oxygens (including phenoxy) is 1. The number of anilines is 1. The number of carbonyl (C=O) groups excluding carboxylic acids is 2. The van der Waals surface area contributed by atoms with Crippen LogP contribution in [0.25, 0.3) is 0 Å². The maximum Gasteiger partial charge on any atom is 0.314 e. The molecule has 118 valence electrons. The number of fused-ring (bicyclic) bond motifs is 1. The van der Waals surface area contributed by atoms with E-state index >= 15 is 0 Å². The Morgan fingerprint density at radius 3 is 2.73 bits per heavy atom. The van der Waals surface area contributed by atoms with Crippen molar-refractivity contribution in [3.8, 4) is 0 Å². The molecule has 0 radical (unpaired) electrons. The first-order valence-electron chi connectivity index (χ1n) is 6.97. The lowest BCUT2D eigenvalue weighted by atomic mass is 10.1. The molecule has 0 aliphatic carbocycles. The van der Waals surface area contributed by atoms with Crippen LogP contribution in [0.4, 0.5) is 5.69 Å². The van der Waals surface area contributed by atoms with Crippen LogP contribution in [-0.4, -0.2) is 50.7 Å². The third kappa shape index (κ3) is 2.15. The van der Waals surface area contributed by atoms with Crippen molar-refractivity contribution in [1.82, 2.24) is 4.31 Å². The number of methoxy groups -OCH3 is 1. The Kier molecular flexibility index (Phi) is 3.75. The Morgan fingerprint density at radius 2 is 2.00 bits per heavy atom. The van der Waals surface area contributed by atoms with Crippen molar-refractivity contribution in [2.75, 3.05) is 24.6 Å². The molecule has 8 heteroatoms. The number of carbonyl (C=O) groups is 2. The molecule has 0 saturated carbocycles. The molecule has 1 aromatic carbocycles. The van der Waals surface area contributed by atoms with Crippen LogP contribution < -0.4 is 4.31 Å². The second-order valence-corrected chi connectivity index (χ2v) is 7.02. The smallest absolute Gasteiger partial charge is 0.314 e. The van der Waals surface area contributed by atoms with Gasteiger partial charge in [-0.1, -0.05) is 12.1 Å². The number of hydrogen-bond acceptors (Lipinski definition) is 5. The predicted octanol–water partition coefficient (Wildman–Crippen LogP) is 0.572. The molecule has 2 heterocycles. The van der Waals surface area contributed by atoms with Gasteiger partial charge in [-0.3, -0.25) is 9.59 Å². The van der Waals surface area contributed by atoms with Crippen LogP contribution in [-0.2, 0) is 19.7 Å². The molecule has 0 bridgehead atoms. The van der Waals surface area contributed by atoms with E-state index < -0.39 is 21.9 Å². The molecule has 1 saturated heterocycles. The zero-order chi connectivity index (χ0) is 15.9. The molecular formula is C14H16N2O5S. The number of amides is 1. The number of hydrogen-bond donors (Lipinski definition) is 0. The van der Waals surface area contributed by atoms with E-state index in [4.69, 9.17) is 4.74 Å². The number of para-hydroxylation sites is 1. The third-order valence-electron chi connectivity index (χ3n) is 3.96. The first-order chi connectivity index (χ1) is 10.5. The van der Waals surface area contributed by atoms with Crippen molar-refractivity contribution in [3.05, 3.63) is 29.8 Å². The third-order valence-corrected chi connectivity index (χ3v) is 5.85. The van der Waals surface area contributed by atoms with Gasteiger partial charge in [-0.05, 0) is 25.0 Å². The molecule has 22 heavy (non-hydrogen) atoms. The van der Waals surface area contributed by atoms with Crippen LogP contribution in [0.1, 0.15) is 23.2 Å². The molecule has 1 atom stereocenters. The summed E-state index contributed by atoms with van der Waals surface area (Å²) in [6, 6.07) is 5.82. The molecule has 3 rings (SSSR count). The molecule has 2 aliphatic heterocycles. The number of Topliss-reactive ketones (excluding diaryl/α,β-unsaturated/α-hetero) is 1. The summed E-state index contributed by atoms with van der Waals surface area (Å²) < 4.78 is 32.7. The molecule has 0 spiro atoms. The van der Waals surface area contributed by atoms with E-state index in [1.807, 2.05) is 0 Å². The van der Waals surface area contributed by atoms with E-state index in [0.717, 1.165) is 0 Å². The van der Waals surface area contributed by atoms with Gasteiger partial charge < -0.3 is 4.74 Å². The average Bonchev–Trinajstić information content (AvgIpc) is 3.05. The van der Waals surface area contributed by atoms with E-state index in [9.17, 15) is 18.0 Å². The number of ketones is 1. The number of benzene rings is 1. The minimum atomic E-state index is -4.09. The van der Waals surface area contributed by atoms with Crippen LogP contribution in [0.5, 0.6) is 0 Å². The van der Waals surface area contributed by atoms with Gasteiger partial charge in [-0.2, -0.15) is 17.0 Å². The second kappa shape index (κ2) is 5.45. The molecule has 1 aromatic rings. The Hall–Kier alpha value is -1.77. The van der Waals surface area contributed by atoms with Crippen LogP contribution in [0.2, 0.25) is 0 Å². The summed E-state index contributed by atoms with van der Waals surface area (Å²) in [7, 11) is -2.59. The quantitative estimate of drug-likeness (QED) is 0.756. The lowest BCUT2D eigenvalue weighted by Gasteiger charge is -2.28. The highest BCUT2D eigenvalue weighted by molar-refractivity contribution is 7.91. The Labute approximate surface area is 128 Å². The van der Waals surface area contributed by atoms with Crippen molar-refractivity contribution in [2.45, 2.75) is 18.9 Å². The first kappa shape index (κ1) is 15.1. The summed E-state index contributed by atoms with van der Waals surface area (Å²) in [4.78, 5) is 24.1. The van der Waals surface area contributed by atoms with Gasteiger partial charge in [0.15, 0.2) is 0 Å². The lowest BCUT2D eigenvalue weighted by molar-refractivity contribution is -0.113. The molecular weight excluding hydrogens is 308 g/mol. The minimum absolute atomic E-state index is 0.124. The van der Waals surface area contributed by atoms with Crippen LogP contribution in [0, 0.1) is 0 Å². The van der Waals surface area contributed by atoms with Crippen molar-refractivity contribution in [3.63, 3.8) is 0 Å². The van der Waals surface area contributed by atoms with E-state index in [-0.39, 0.29) is 23.9 Å². The van der Waals surface area contributed by atoms with E-state index in [1.165, 1.54) is 23.5 Å². The molecule has 1 unspecified atom stereocenters. The van der Waals surface area contributed by atoms with Crippen LogP contribution >= 0.6 is 0 Å². The maximum atomic E-state index is 12.9. The topological polar surface area (TPSA) is 84.0 Å². The standard InChI is InChI=1S/C14H16N2O5S/c1-21-9-10-5-4-8-15(10)22(19,20)16-12-7-3-2-6-11(12)13(17)14(16)18/h2-3,6-7,10H,4-5,8-9H2,1H3. The highest BCUT2D eigenvalue weighted by Gasteiger charge is 2.47. The fraction of sp³-hybridized carbons (Fsp3) is 0.429. The van der Waals surface area contributed by atoms with Crippen molar-refractivity contribution < 1.29 is 22.7 Å². The predicted molar refractivity (Wildman–Crippen MR) is 78.8 cm³/mol. The molecule has 7 nitrogen and oxygen atoms in total. The monoisotopic (exact) mass is 324 g/mol. The van der Waals surface area contributed by atoms with Crippen molar-refractivity contribution >= 4 is 27.6 Å². The van der Waals surface area contributed by atoms with Crippen LogP contribution in [0.15, 0.2) is 24.3 Å². The van der Waals surface area contributed by atoms with Gasteiger partial charge in [-0.15, -0.1) is 0 Å². The molecule has 0 aromatic heterocycles. The second-order valence-electron chi connectivity index (χ2n) is 5.29. The zero-order valence-corrected chi connectivity index (χ0v) is 12.9. The Bertz CT molecular complexity index is 731. The summed E-state index contributed by atoms with van der Waals surface area (Å²) >= 11 is 0. The largest absolute Gasteiger partial charge is 0.383 e. The normalized spacial score (nSPS) is 22.4. The zero-order valence-electron chi connectivity index (χ0n) is 12.1. The van der Waals surface area contributed by atoms with Gasteiger partial charge in [0.2, 0.25) is 0 Å². The van der Waals surface area contributed by atoms with E-state index in [1.54, 1.807) is 12.1 Å². The lowest BCUT2D eigenvalue weighted by Crippen LogP contribution is -2.49. The van der Waals surface area contributed by atoms with E-state index in [0.29, 0.717) is 23.7 Å². The van der Waals surface area contributed by atoms with Gasteiger partial charge in [0, 0.05) is 19.7 Å². The van der Waals surface area contributed by atoms with Crippen LogP contribution in [0.3, 0.4) is 0 Å². The highest BCUT2D eigenvalue weighted by Crippen LogP contribution is 2.34. The van der Waals surface area contributed by atoms with Gasteiger partial charge >= 0.3 is 16.1 Å². The Morgan fingerprint density at radius 1 is 1.27 bits per heavy atom. The average molecular weight is 324 g/mol. The molecule has 1 fully saturated rings. The molecule has 1 amide bonds. The highest BCUT2D eigenvalue weighted by atomic mass is 32.2. The van der Waals surface area contributed by atoms with Crippen molar-refractivity contribution in [2.24, 2.45) is 0 Å². The van der Waals surface area contributed by atoms with Gasteiger partial charge in [0.25, 0.3) is 5.78 Å². The van der Waals surface area contributed by atoms with Gasteiger partial charge in [0.05, 0.1) is 17.9 Å². The summed E-state index contributed by atoms with van der Waals surface area (Å²) in [5, 5.41) is 0. The van der Waals surface area contributed by atoms with Crippen molar-refractivity contribution in [1.29, 1.82) is 0 Å². The van der Waals surface area contributed by atoms with E-state index in [2.05, 4.69) is 0 Å². The summed E-state index contributed by atoms with van der Waals surface area (Å²) in [5.41, 5.74) is 0.249. The number of nitrogens with zero attached hydrogens (tertiary/aromatic N) is 2. The fourth-order valence-electron chi connectivity index (χ4n) is 2.97. The maximum absolute atomic E-state index is 12.9. The van der Waals surface area contributed by atoms with Gasteiger partial charge in [0.1, 0.15) is 0 Å². The fourth-order valence-corrected chi connectivity index (χ4v) is 4.78. The first-order valence-corrected chi connectivity index (χ1v) is 8.37. The molecule has 2 aliphatic rings. The summed E-state index contributed by atoms with van der Waals surface area (Å²) in [6.07, 6.45) is 1.37. The Balaban J connectivity index is 2.03. The number of rotatable bonds is 4. The SMILES string of the molecule is COCC1CCCN1S(=O)(=O)N1C(=O)C(=O)c2ccccc21. The van der Waals surface area contributed by atoms with Gasteiger partial charge in [-0.25, -0.2) is 0 Å². The molecule has 0 N–H and O–H groups in total. The summed E-state index contributed by atoms with van der Waals surface area (Å²) in [5.74, 6) is -1.81. The summed E-state index contributed by atoms with van der Waals surface area (Å²) in [6.45, 7) is 0.577. The minimum Gasteiger partial charge on any atom is -0.383 e.